The fourth-order valence-corrected chi connectivity index (χ4v) is 11.5. The lowest BCUT2D eigenvalue weighted by molar-refractivity contribution is -0.164. The molecule has 15 heteroatoms. The van der Waals surface area contributed by atoms with Crippen molar-refractivity contribution in [2.24, 2.45) is 22.7 Å². The van der Waals surface area contributed by atoms with Crippen LogP contribution in [-0.4, -0.2) is 118 Å². The second-order valence-electron chi connectivity index (χ2n) is 21.1. The molecular weight excluding hydrogens is 906 g/mol. The summed E-state index contributed by atoms with van der Waals surface area (Å²) in [6, 6.07) is 21.7. The van der Waals surface area contributed by atoms with Gasteiger partial charge >= 0.3 is 0 Å². The Morgan fingerprint density at radius 2 is 1.54 bits per heavy atom. The molecule has 3 aromatic rings. The van der Waals surface area contributed by atoms with Crippen molar-refractivity contribution in [1.82, 2.24) is 30.7 Å². The number of ether oxygens (including phenoxy) is 1. The van der Waals surface area contributed by atoms with Gasteiger partial charge in [-0.3, -0.25) is 24.0 Å². The SMILES string of the molecule is CC(=O)N[C@H](C(=O)N1C[C@H](O)C[C@H]1C(=O)N[C@@H](CC(=O)N1CCC(N2CCC(C#Cc3ccc(C(=O)NC4C(C)(C)C(Oc5ccc(C#N)c(Cl)c5)C4(C)C)cc3)CC2)CC1)c1ccccc1)C(C)C. The third-order valence-electron chi connectivity index (χ3n) is 14.9. The molecular formula is C55H68ClN7O7. The summed E-state index contributed by atoms with van der Waals surface area (Å²) >= 11 is 6.26. The Bertz CT molecular complexity index is 2480. The summed E-state index contributed by atoms with van der Waals surface area (Å²) in [6.07, 6.45) is 2.62. The van der Waals surface area contributed by atoms with Crippen LogP contribution >= 0.6 is 11.6 Å². The minimum Gasteiger partial charge on any atom is -0.489 e. The molecule has 3 heterocycles. The highest BCUT2D eigenvalue weighted by Gasteiger charge is 2.64. The number of hydrogen-bond donors (Lipinski definition) is 4. The van der Waals surface area contributed by atoms with Crippen LogP contribution < -0.4 is 20.7 Å². The van der Waals surface area contributed by atoms with E-state index in [4.69, 9.17) is 16.3 Å². The maximum absolute atomic E-state index is 13.9. The number of nitriles is 1. The van der Waals surface area contributed by atoms with Crippen LogP contribution in [-0.2, 0) is 19.2 Å². The van der Waals surface area contributed by atoms with Gasteiger partial charge in [-0.15, -0.1) is 0 Å². The van der Waals surface area contributed by atoms with Crippen molar-refractivity contribution < 1.29 is 33.8 Å². The third-order valence-corrected chi connectivity index (χ3v) is 15.2. The Kier molecular flexibility index (Phi) is 16.3. The smallest absolute Gasteiger partial charge is 0.251 e. The highest BCUT2D eigenvalue weighted by Crippen LogP contribution is 2.55. The van der Waals surface area contributed by atoms with Crippen LogP contribution in [0.3, 0.4) is 0 Å². The lowest BCUT2D eigenvalue weighted by atomic mass is 9.49. The molecule has 0 radical (unpaired) electrons. The number of hydrogen-bond acceptors (Lipinski definition) is 9. The number of likely N-dealkylation sites (tertiary alicyclic amines) is 3. The number of rotatable bonds is 13. The first kappa shape index (κ1) is 51.9. The van der Waals surface area contributed by atoms with Crippen LogP contribution in [0.15, 0.2) is 72.8 Å². The molecule has 372 valence electrons. The first-order chi connectivity index (χ1) is 33.3. The van der Waals surface area contributed by atoms with E-state index in [0.29, 0.717) is 41.0 Å². The Balaban J connectivity index is 0.866. The molecule has 3 aromatic carbocycles. The van der Waals surface area contributed by atoms with Gasteiger partial charge in [-0.1, -0.05) is 95.3 Å². The molecule has 0 unspecified atom stereocenters. The molecule has 1 saturated carbocycles. The Morgan fingerprint density at radius 3 is 2.14 bits per heavy atom. The number of carbonyl (C=O) groups is 5. The van der Waals surface area contributed by atoms with Gasteiger partial charge in [0.1, 0.15) is 30.0 Å². The van der Waals surface area contributed by atoms with Crippen LogP contribution in [0.1, 0.15) is 120 Å². The molecule has 0 aromatic heterocycles. The predicted molar refractivity (Wildman–Crippen MR) is 267 cm³/mol. The number of amides is 5. The maximum atomic E-state index is 13.9. The summed E-state index contributed by atoms with van der Waals surface area (Å²) in [6.45, 7) is 16.4. The third kappa shape index (κ3) is 11.8. The van der Waals surface area contributed by atoms with E-state index in [1.165, 1.54) is 11.8 Å². The summed E-state index contributed by atoms with van der Waals surface area (Å²) in [7, 11) is 0. The monoisotopic (exact) mass is 973 g/mol. The number of halogens is 1. The average molecular weight is 975 g/mol. The van der Waals surface area contributed by atoms with Gasteiger partial charge in [-0.05, 0) is 86.7 Å². The fraction of sp³-hybridized carbons (Fsp3) is 0.527. The molecule has 7 rings (SSSR count). The van der Waals surface area contributed by atoms with Crippen molar-refractivity contribution in [1.29, 1.82) is 5.26 Å². The molecule has 4 aliphatic rings. The van der Waals surface area contributed by atoms with Crippen molar-refractivity contribution >= 4 is 41.1 Å². The second kappa shape index (κ2) is 22.0. The van der Waals surface area contributed by atoms with Gasteiger partial charge in [0.15, 0.2) is 0 Å². The Morgan fingerprint density at radius 1 is 0.886 bits per heavy atom. The number of β-amino-alcohol motifs (C(OH)–C–C–N with tert-alkyl or cyclic N) is 1. The van der Waals surface area contributed by atoms with Crippen LogP contribution in [0.25, 0.3) is 0 Å². The molecule has 5 amide bonds. The van der Waals surface area contributed by atoms with Gasteiger partial charge in [0.05, 0.1) is 29.2 Å². The molecule has 0 spiro atoms. The minimum atomic E-state index is -0.948. The van der Waals surface area contributed by atoms with E-state index in [1.807, 2.05) is 73.3 Å². The quantitative estimate of drug-likeness (QED) is 0.144. The maximum Gasteiger partial charge on any atom is 0.251 e. The zero-order valence-corrected chi connectivity index (χ0v) is 42.2. The van der Waals surface area contributed by atoms with Crippen molar-refractivity contribution in [3.8, 4) is 23.7 Å². The minimum absolute atomic E-state index is 0.0222. The van der Waals surface area contributed by atoms with Crippen molar-refractivity contribution in [2.75, 3.05) is 32.7 Å². The highest BCUT2D eigenvalue weighted by atomic mass is 35.5. The number of nitrogens with zero attached hydrogens (tertiary/aromatic N) is 4. The Labute approximate surface area is 417 Å². The van der Waals surface area contributed by atoms with Crippen LogP contribution in [0.4, 0.5) is 0 Å². The van der Waals surface area contributed by atoms with Crippen LogP contribution in [0, 0.1) is 45.8 Å². The lowest BCUT2D eigenvalue weighted by Gasteiger charge is -2.63. The number of piperidine rings is 2. The number of aliphatic hydroxyl groups excluding tert-OH is 1. The summed E-state index contributed by atoms with van der Waals surface area (Å²) < 4.78 is 6.38. The summed E-state index contributed by atoms with van der Waals surface area (Å²) in [4.78, 5) is 72.6. The molecule has 3 aliphatic heterocycles. The molecule has 3 saturated heterocycles. The lowest BCUT2D eigenvalue weighted by Crippen LogP contribution is -2.74. The normalized spacial score (nSPS) is 23.2. The van der Waals surface area contributed by atoms with E-state index in [-0.39, 0.29) is 71.9 Å². The van der Waals surface area contributed by atoms with Gasteiger partial charge in [-0.2, -0.15) is 5.26 Å². The van der Waals surface area contributed by atoms with Crippen molar-refractivity contribution in [2.45, 2.75) is 129 Å². The van der Waals surface area contributed by atoms with E-state index in [0.717, 1.165) is 49.9 Å². The Hall–Kier alpha value is -5.93. The van der Waals surface area contributed by atoms with E-state index in [1.54, 1.807) is 18.2 Å². The van der Waals surface area contributed by atoms with Crippen LogP contribution in [0.2, 0.25) is 5.02 Å². The highest BCUT2D eigenvalue weighted by molar-refractivity contribution is 6.31. The first-order valence-corrected chi connectivity index (χ1v) is 25.1. The first-order valence-electron chi connectivity index (χ1n) is 24.7. The molecule has 0 bridgehead atoms. The fourth-order valence-electron chi connectivity index (χ4n) is 11.3. The van der Waals surface area contributed by atoms with E-state index >= 15 is 0 Å². The zero-order chi connectivity index (χ0) is 50.5. The summed E-state index contributed by atoms with van der Waals surface area (Å²) in [5.74, 6) is 6.00. The number of nitrogens with one attached hydrogen (secondary N) is 3. The van der Waals surface area contributed by atoms with E-state index < -0.39 is 36.0 Å². The summed E-state index contributed by atoms with van der Waals surface area (Å²) in [5.41, 5.74) is 1.83. The number of aliphatic hydroxyl groups is 1. The molecule has 4 N–H and O–H groups in total. The van der Waals surface area contributed by atoms with Crippen molar-refractivity contribution in [3.05, 3.63) is 100 Å². The van der Waals surface area contributed by atoms with Gasteiger partial charge in [0.2, 0.25) is 23.6 Å². The molecule has 1 aliphatic carbocycles. The second-order valence-corrected chi connectivity index (χ2v) is 21.5. The topological polar surface area (TPSA) is 184 Å². The molecule has 4 atom stereocenters. The van der Waals surface area contributed by atoms with Gasteiger partial charge < -0.3 is 40.5 Å². The van der Waals surface area contributed by atoms with E-state index in [9.17, 15) is 34.3 Å². The van der Waals surface area contributed by atoms with Gasteiger partial charge in [-0.25, -0.2) is 0 Å². The average Bonchev–Trinajstić information content (AvgIpc) is 3.75. The predicted octanol–water partition coefficient (Wildman–Crippen LogP) is 6.25. The van der Waals surface area contributed by atoms with Crippen LogP contribution in [0.5, 0.6) is 5.75 Å². The number of benzene rings is 3. The summed E-state index contributed by atoms with van der Waals surface area (Å²) in [5, 5.41) is 29.2. The zero-order valence-electron chi connectivity index (χ0n) is 41.5. The number of carbonyl (C=O) groups excluding carboxylic acids is 5. The van der Waals surface area contributed by atoms with Crippen molar-refractivity contribution in [3.63, 3.8) is 0 Å². The van der Waals surface area contributed by atoms with Gasteiger partial charge in [0.25, 0.3) is 5.91 Å². The molecule has 14 nitrogen and oxygen atoms in total. The molecule has 70 heavy (non-hydrogen) atoms. The molecule has 4 fully saturated rings. The van der Waals surface area contributed by atoms with Gasteiger partial charge in [0, 0.05) is 79.0 Å². The largest absolute Gasteiger partial charge is 0.489 e. The standard InChI is InChI=1S/C55H68ClN7O7/c1-34(2)48(58-35(3)64)51(69)63-33-42(65)29-46(63)50(68)59-45(38-11-9-8-10-12-38)31-47(66)62-27-23-41(24-28-62)61-25-21-37(22-26-61)14-13-36-15-17-39(18-16-36)49(67)60-52-54(4,5)53(55(52,6)7)70-43-20-19-40(32-57)44(56)30-43/h8-12,15-20,30,34,37,41-42,45-46,48,52-53,65H,21-29,31,33H2,1-7H3,(H,58,64)(H,59,68)(H,60,67)/t42-,45+,46+,48+,52?,53?/m1/s1. The van der Waals surface area contributed by atoms with E-state index in [2.05, 4.69) is 66.5 Å².